The van der Waals surface area contributed by atoms with Crippen LogP contribution in [0.25, 0.3) is 5.69 Å². The molecule has 0 aliphatic carbocycles. The number of methoxy groups -OCH3 is 1. The monoisotopic (exact) mass is 416 g/mol. The topological polar surface area (TPSA) is 52.0 Å². The summed E-state index contributed by atoms with van der Waals surface area (Å²) >= 11 is 7.03. The molecule has 0 unspecified atom stereocenters. The van der Waals surface area contributed by atoms with E-state index in [0.717, 1.165) is 39.2 Å². The van der Waals surface area contributed by atoms with Gasteiger partial charge in [-0.2, -0.15) is 0 Å². The van der Waals surface area contributed by atoms with E-state index < -0.39 is 0 Å². The summed E-state index contributed by atoms with van der Waals surface area (Å²) in [5.41, 5.74) is 1.90. The van der Waals surface area contributed by atoms with Gasteiger partial charge in [0, 0.05) is 17.1 Å². The number of hydrogen-bond donors (Lipinski definition) is 1. The maximum Gasteiger partial charge on any atom is 0.135 e. The van der Waals surface area contributed by atoms with Gasteiger partial charge >= 0.3 is 0 Å². The third-order valence-corrected chi connectivity index (χ3v) is 4.18. The Balaban J connectivity index is 2.28. The summed E-state index contributed by atoms with van der Waals surface area (Å²) in [5, 5.41) is 11.6. The smallest absolute Gasteiger partial charge is 0.135 e. The zero-order valence-electron chi connectivity index (χ0n) is 12.2. The van der Waals surface area contributed by atoms with Crippen molar-refractivity contribution < 1.29 is 4.74 Å². The number of benzene rings is 1. The fraction of sp³-hybridized carbons (Fsp3) is 0.429. The Morgan fingerprint density at radius 1 is 1.29 bits per heavy atom. The fourth-order valence-corrected chi connectivity index (χ4v) is 3.23. The fourth-order valence-electron chi connectivity index (χ4n) is 1.91. The highest BCUT2D eigenvalue weighted by Gasteiger charge is 2.13. The van der Waals surface area contributed by atoms with Crippen LogP contribution in [0.5, 0.6) is 5.75 Å². The quantitative estimate of drug-likeness (QED) is 0.780. The van der Waals surface area contributed by atoms with Gasteiger partial charge in [-0.1, -0.05) is 19.1 Å². The Bertz CT molecular complexity index is 613. The van der Waals surface area contributed by atoms with Gasteiger partial charge in [0.1, 0.15) is 5.75 Å². The normalized spacial score (nSPS) is 11.1. The van der Waals surface area contributed by atoms with Crippen molar-refractivity contribution in [3.05, 3.63) is 33.0 Å². The molecule has 0 radical (unpaired) electrons. The molecular formula is C14H18Br2N4O. The molecule has 0 aliphatic rings. The maximum atomic E-state index is 5.35. The number of nitrogens with zero attached hydrogens (tertiary/aromatic N) is 3. The van der Waals surface area contributed by atoms with Crippen LogP contribution in [-0.4, -0.2) is 28.6 Å². The summed E-state index contributed by atoms with van der Waals surface area (Å²) in [4.78, 5) is 0. The zero-order chi connectivity index (χ0) is 15.4. The number of aromatic nitrogens is 3. The first-order valence-corrected chi connectivity index (χ1v) is 8.25. The second-order valence-electron chi connectivity index (χ2n) is 5.10. The van der Waals surface area contributed by atoms with Crippen LogP contribution >= 0.6 is 31.9 Å². The molecule has 114 valence electrons. The van der Waals surface area contributed by atoms with Crippen LogP contribution in [0.1, 0.15) is 19.5 Å². The van der Waals surface area contributed by atoms with Crippen LogP contribution in [0.2, 0.25) is 0 Å². The van der Waals surface area contributed by atoms with E-state index in [2.05, 4.69) is 61.3 Å². The van der Waals surface area contributed by atoms with Gasteiger partial charge in [-0.3, -0.25) is 0 Å². The van der Waals surface area contributed by atoms with Crippen molar-refractivity contribution in [3.8, 4) is 11.4 Å². The summed E-state index contributed by atoms with van der Waals surface area (Å²) < 4.78 is 8.97. The number of hydrogen-bond acceptors (Lipinski definition) is 4. The highest BCUT2D eigenvalue weighted by atomic mass is 79.9. The molecule has 0 saturated carbocycles. The summed E-state index contributed by atoms with van der Waals surface area (Å²) in [5.74, 6) is 1.36. The average molecular weight is 418 g/mol. The Hall–Kier alpha value is -0.920. The molecule has 1 N–H and O–H groups in total. The van der Waals surface area contributed by atoms with E-state index in [-0.39, 0.29) is 0 Å². The molecule has 1 heterocycles. The lowest BCUT2D eigenvalue weighted by atomic mass is 10.2. The van der Waals surface area contributed by atoms with Gasteiger partial charge in [-0.05, 0) is 50.4 Å². The highest BCUT2D eigenvalue weighted by Crippen LogP contribution is 2.33. The van der Waals surface area contributed by atoms with Gasteiger partial charge in [0.25, 0.3) is 0 Å². The third-order valence-electron chi connectivity index (χ3n) is 2.93. The standard InChI is InChI=1S/C14H18Br2N4O/c1-9(2)6-17-7-10-8-18-19-20(10)13-5-14(21-3)12(16)4-11(13)15/h4-5,8-9,17H,6-7H2,1-3H3. The number of ether oxygens (including phenoxy) is 1. The largest absolute Gasteiger partial charge is 0.495 e. The van der Waals surface area contributed by atoms with Crippen LogP contribution in [-0.2, 0) is 6.54 Å². The molecule has 5 nitrogen and oxygen atoms in total. The van der Waals surface area contributed by atoms with Crippen molar-refractivity contribution in [2.45, 2.75) is 20.4 Å². The molecule has 21 heavy (non-hydrogen) atoms. The first kappa shape index (κ1) is 16.5. The maximum absolute atomic E-state index is 5.35. The van der Waals surface area contributed by atoms with Gasteiger partial charge in [0.15, 0.2) is 0 Å². The van der Waals surface area contributed by atoms with Crippen molar-refractivity contribution >= 4 is 31.9 Å². The summed E-state index contributed by atoms with van der Waals surface area (Å²) in [7, 11) is 1.64. The molecule has 2 rings (SSSR count). The van der Waals surface area contributed by atoms with Crippen molar-refractivity contribution in [3.63, 3.8) is 0 Å². The lowest BCUT2D eigenvalue weighted by Crippen LogP contribution is -2.21. The van der Waals surface area contributed by atoms with Gasteiger partial charge in [-0.15, -0.1) is 5.10 Å². The lowest BCUT2D eigenvalue weighted by molar-refractivity contribution is 0.411. The van der Waals surface area contributed by atoms with Gasteiger partial charge in [0.05, 0.1) is 29.2 Å². The van der Waals surface area contributed by atoms with Gasteiger partial charge < -0.3 is 10.1 Å². The van der Waals surface area contributed by atoms with Crippen LogP contribution in [0.4, 0.5) is 0 Å². The molecule has 1 aromatic heterocycles. The summed E-state index contributed by atoms with van der Waals surface area (Å²) in [6.07, 6.45) is 1.77. The van der Waals surface area contributed by atoms with Gasteiger partial charge in [0.2, 0.25) is 0 Å². The minimum atomic E-state index is 0.605. The van der Waals surface area contributed by atoms with E-state index in [4.69, 9.17) is 4.74 Å². The van der Waals surface area contributed by atoms with E-state index in [1.165, 1.54) is 0 Å². The highest BCUT2D eigenvalue weighted by molar-refractivity contribution is 9.11. The van der Waals surface area contributed by atoms with E-state index in [1.807, 2.05) is 16.8 Å². The van der Waals surface area contributed by atoms with Crippen molar-refractivity contribution in [2.24, 2.45) is 5.92 Å². The third kappa shape index (κ3) is 4.05. The predicted octanol–water partition coefficient (Wildman–Crippen LogP) is 3.55. The van der Waals surface area contributed by atoms with E-state index in [0.29, 0.717) is 5.92 Å². The molecule has 0 atom stereocenters. The number of nitrogens with one attached hydrogen (secondary N) is 1. The Morgan fingerprint density at radius 3 is 2.71 bits per heavy atom. The molecule has 0 aliphatic heterocycles. The average Bonchev–Trinajstić information content (AvgIpc) is 2.87. The molecule has 0 spiro atoms. The van der Waals surface area contributed by atoms with E-state index in [1.54, 1.807) is 13.3 Å². The molecular weight excluding hydrogens is 400 g/mol. The van der Waals surface area contributed by atoms with Crippen molar-refractivity contribution in [2.75, 3.05) is 13.7 Å². The molecule has 7 heteroatoms. The number of halogens is 2. The molecule has 0 bridgehead atoms. The SMILES string of the molecule is COc1cc(-n2nncc2CNCC(C)C)c(Br)cc1Br. The molecule has 0 fully saturated rings. The lowest BCUT2D eigenvalue weighted by Gasteiger charge is -2.12. The Kier molecular flexibility index (Phi) is 5.78. The van der Waals surface area contributed by atoms with Crippen molar-refractivity contribution in [1.29, 1.82) is 0 Å². The van der Waals surface area contributed by atoms with E-state index >= 15 is 0 Å². The summed E-state index contributed by atoms with van der Waals surface area (Å²) in [6.45, 7) is 6.03. The zero-order valence-corrected chi connectivity index (χ0v) is 15.4. The molecule has 2 aromatic rings. The Morgan fingerprint density at radius 2 is 2.05 bits per heavy atom. The van der Waals surface area contributed by atoms with Crippen LogP contribution in [0.15, 0.2) is 27.3 Å². The van der Waals surface area contributed by atoms with Gasteiger partial charge in [-0.25, -0.2) is 4.68 Å². The van der Waals surface area contributed by atoms with Crippen LogP contribution < -0.4 is 10.1 Å². The van der Waals surface area contributed by atoms with Crippen LogP contribution in [0, 0.1) is 5.92 Å². The first-order chi connectivity index (χ1) is 10.0. The predicted molar refractivity (Wildman–Crippen MR) is 89.9 cm³/mol. The van der Waals surface area contributed by atoms with Crippen molar-refractivity contribution in [1.82, 2.24) is 20.3 Å². The minimum Gasteiger partial charge on any atom is -0.495 e. The molecule has 0 saturated heterocycles. The number of rotatable bonds is 6. The molecule has 0 amide bonds. The minimum absolute atomic E-state index is 0.605. The Labute approximate surface area is 141 Å². The van der Waals surface area contributed by atoms with E-state index in [9.17, 15) is 0 Å². The second-order valence-corrected chi connectivity index (χ2v) is 6.81. The summed E-state index contributed by atoms with van der Waals surface area (Å²) in [6, 6.07) is 3.87. The van der Waals surface area contributed by atoms with Crippen LogP contribution in [0.3, 0.4) is 0 Å². The second kappa shape index (κ2) is 7.38. The first-order valence-electron chi connectivity index (χ1n) is 6.66. The molecule has 1 aromatic carbocycles.